The molecule has 2 rings (SSSR count). The van der Waals surface area contributed by atoms with Crippen LogP contribution in [0.4, 0.5) is 5.69 Å². The predicted octanol–water partition coefficient (Wildman–Crippen LogP) is 1.36. The number of allylic oxidation sites excluding steroid dienone is 2. The number of carboxylic acid groups (broad SMARTS) is 1. The Kier molecular flexibility index (Phi) is 4.98. The lowest BCUT2D eigenvalue weighted by Crippen LogP contribution is -2.41. The average molecular weight is 288 g/mol. The number of nitrogens with one attached hydrogen (secondary N) is 1. The van der Waals surface area contributed by atoms with Crippen LogP contribution in [0, 0.1) is 11.8 Å². The lowest BCUT2D eigenvalue weighted by molar-refractivity contribution is -0.313. The molecule has 0 saturated carbocycles. The molecule has 0 aliphatic heterocycles. The fourth-order valence-corrected chi connectivity index (χ4v) is 2.40. The van der Waals surface area contributed by atoms with Gasteiger partial charge < -0.3 is 20.0 Å². The molecule has 1 N–H and O–H groups in total. The molecule has 1 aromatic rings. The number of hydrogen-bond donors (Lipinski definition) is 1. The predicted molar refractivity (Wildman–Crippen MR) is 76.6 cm³/mol. The van der Waals surface area contributed by atoms with Gasteiger partial charge in [0.25, 0.3) is 0 Å². The molecule has 1 aliphatic carbocycles. The first-order valence-electron chi connectivity index (χ1n) is 7.01. The van der Waals surface area contributed by atoms with Gasteiger partial charge in [-0.05, 0) is 44.0 Å². The maximum atomic E-state index is 12.2. The normalized spacial score (nSPS) is 20.8. The molecule has 0 bridgehead atoms. The van der Waals surface area contributed by atoms with Crippen molar-refractivity contribution < 1.29 is 19.4 Å². The van der Waals surface area contributed by atoms with Crippen LogP contribution >= 0.6 is 0 Å². The van der Waals surface area contributed by atoms with E-state index < -0.39 is 17.8 Å². The first-order chi connectivity index (χ1) is 10.1. The zero-order chi connectivity index (χ0) is 15.2. The molecule has 5 heteroatoms. The van der Waals surface area contributed by atoms with E-state index in [0.717, 1.165) is 5.75 Å². The van der Waals surface area contributed by atoms with Crippen molar-refractivity contribution in [1.82, 2.24) is 0 Å². The van der Waals surface area contributed by atoms with E-state index in [4.69, 9.17) is 4.74 Å². The Balaban J connectivity index is 2.02. The van der Waals surface area contributed by atoms with Gasteiger partial charge in [0.2, 0.25) is 5.91 Å². The van der Waals surface area contributed by atoms with Crippen molar-refractivity contribution in [1.29, 1.82) is 0 Å². The number of aliphatic carboxylic acids is 1. The zero-order valence-electron chi connectivity index (χ0n) is 11.9. The lowest BCUT2D eigenvalue weighted by atomic mass is 9.82. The van der Waals surface area contributed by atoms with Gasteiger partial charge in [0.05, 0.1) is 12.5 Å². The van der Waals surface area contributed by atoms with Crippen LogP contribution in [0.25, 0.3) is 0 Å². The Morgan fingerprint density at radius 1 is 1.19 bits per heavy atom. The van der Waals surface area contributed by atoms with Crippen LogP contribution in [-0.4, -0.2) is 18.5 Å². The number of hydrogen-bond acceptors (Lipinski definition) is 4. The molecule has 2 atom stereocenters. The minimum Gasteiger partial charge on any atom is -0.550 e. The van der Waals surface area contributed by atoms with E-state index in [9.17, 15) is 14.7 Å². The van der Waals surface area contributed by atoms with Gasteiger partial charge in [-0.25, -0.2) is 0 Å². The molecule has 0 saturated heterocycles. The van der Waals surface area contributed by atoms with Crippen LogP contribution in [0.5, 0.6) is 5.75 Å². The van der Waals surface area contributed by atoms with Gasteiger partial charge in [-0.15, -0.1) is 0 Å². The van der Waals surface area contributed by atoms with Gasteiger partial charge >= 0.3 is 0 Å². The fraction of sp³-hybridized carbons (Fsp3) is 0.375. The highest BCUT2D eigenvalue weighted by atomic mass is 16.5. The quantitative estimate of drug-likeness (QED) is 0.830. The molecule has 0 fully saturated rings. The van der Waals surface area contributed by atoms with E-state index in [0.29, 0.717) is 25.1 Å². The molecule has 0 unspecified atom stereocenters. The average Bonchev–Trinajstić information content (AvgIpc) is 2.49. The maximum Gasteiger partial charge on any atom is 0.228 e. The monoisotopic (exact) mass is 288 g/mol. The molecule has 0 aromatic heterocycles. The Morgan fingerprint density at radius 3 is 2.38 bits per heavy atom. The molecule has 1 amide bonds. The van der Waals surface area contributed by atoms with Crippen LogP contribution in [0.15, 0.2) is 36.4 Å². The van der Waals surface area contributed by atoms with Crippen molar-refractivity contribution in [3.8, 4) is 5.75 Å². The smallest absolute Gasteiger partial charge is 0.228 e. The second kappa shape index (κ2) is 6.92. The number of rotatable bonds is 5. The molecule has 0 spiro atoms. The molecule has 1 aliphatic rings. The summed E-state index contributed by atoms with van der Waals surface area (Å²) in [4.78, 5) is 23.3. The molecule has 1 aromatic carbocycles. The number of ether oxygens (including phenoxy) is 1. The minimum atomic E-state index is -1.17. The van der Waals surface area contributed by atoms with E-state index in [1.54, 1.807) is 30.3 Å². The second-order valence-electron chi connectivity index (χ2n) is 4.92. The van der Waals surface area contributed by atoms with Gasteiger partial charge in [-0.3, -0.25) is 4.79 Å². The molecule has 112 valence electrons. The Morgan fingerprint density at radius 2 is 1.81 bits per heavy atom. The second-order valence-corrected chi connectivity index (χ2v) is 4.92. The first-order valence-corrected chi connectivity index (χ1v) is 7.01. The van der Waals surface area contributed by atoms with Crippen molar-refractivity contribution in [2.24, 2.45) is 11.8 Å². The van der Waals surface area contributed by atoms with Gasteiger partial charge in [0, 0.05) is 17.6 Å². The molecule has 0 radical (unpaired) electrons. The highest BCUT2D eigenvalue weighted by Crippen LogP contribution is 2.27. The van der Waals surface area contributed by atoms with Crippen LogP contribution in [-0.2, 0) is 9.59 Å². The molecular formula is C16H18NO4-. The summed E-state index contributed by atoms with van der Waals surface area (Å²) in [7, 11) is 0. The lowest BCUT2D eigenvalue weighted by Gasteiger charge is -2.28. The first kappa shape index (κ1) is 15.1. The van der Waals surface area contributed by atoms with E-state index in [2.05, 4.69) is 5.32 Å². The summed E-state index contributed by atoms with van der Waals surface area (Å²) in [6.07, 6.45) is 4.37. The minimum absolute atomic E-state index is 0.294. The maximum absolute atomic E-state index is 12.2. The molecule has 0 heterocycles. The standard InChI is InChI=1S/C16H19NO4/c1-2-21-12-9-7-11(8-10-12)17-15(18)13-5-3-4-6-14(13)16(19)20/h3-4,7-10,13-14H,2,5-6H2,1H3,(H,17,18)(H,19,20)/p-1/t13-,14-/m1/s1. The van der Waals surface area contributed by atoms with Crippen LogP contribution in [0.2, 0.25) is 0 Å². The fourth-order valence-electron chi connectivity index (χ4n) is 2.40. The van der Waals surface area contributed by atoms with Gasteiger partial charge in [0.1, 0.15) is 5.75 Å². The Bertz CT molecular complexity index is 536. The SMILES string of the molecule is CCOc1ccc(NC(=O)[C@@H]2CC=CC[C@H]2C(=O)[O-])cc1. The third-order valence-corrected chi connectivity index (χ3v) is 3.50. The van der Waals surface area contributed by atoms with Crippen molar-refractivity contribution in [3.63, 3.8) is 0 Å². The van der Waals surface area contributed by atoms with Crippen molar-refractivity contribution in [2.75, 3.05) is 11.9 Å². The largest absolute Gasteiger partial charge is 0.550 e. The van der Waals surface area contributed by atoms with Crippen LogP contribution in [0.1, 0.15) is 19.8 Å². The molecule has 5 nitrogen and oxygen atoms in total. The highest BCUT2D eigenvalue weighted by Gasteiger charge is 2.29. The number of amides is 1. The van der Waals surface area contributed by atoms with Crippen molar-refractivity contribution >= 4 is 17.6 Å². The summed E-state index contributed by atoms with van der Waals surface area (Å²) in [6, 6.07) is 6.98. The summed E-state index contributed by atoms with van der Waals surface area (Å²) in [5.74, 6) is -2.10. The summed E-state index contributed by atoms with van der Waals surface area (Å²) >= 11 is 0. The Hall–Kier alpha value is -2.30. The molecular weight excluding hydrogens is 270 g/mol. The van der Waals surface area contributed by atoms with Crippen molar-refractivity contribution in [3.05, 3.63) is 36.4 Å². The highest BCUT2D eigenvalue weighted by molar-refractivity contribution is 5.95. The summed E-state index contributed by atoms with van der Waals surface area (Å²) in [5.41, 5.74) is 0.620. The number of anilines is 1. The van der Waals surface area contributed by atoms with E-state index in [-0.39, 0.29) is 5.91 Å². The third-order valence-electron chi connectivity index (χ3n) is 3.50. The van der Waals surface area contributed by atoms with Crippen LogP contribution < -0.4 is 15.2 Å². The van der Waals surface area contributed by atoms with E-state index >= 15 is 0 Å². The zero-order valence-corrected chi connectivity index (χ0v) is 11.9. The van der Waals surface area contributed by atoms with Gasteiger partial charge in [-0.1, -0.05) is 12.2 Å². The molecule has 21 heavy (non-hydrogen) atoms. The Labute approximate surface area is 123 Å². The number of carboxylic acids is 1. The topological polar surface area (TPSA) is 78.5 Å². The van der Waals surface area contributed by atoms with Gasteiger partial charge in [0.15, 0.2) is 0 Å². The number of carbonyl (C=O) groups excluding carboxylic acids is 2. The number of carbonyl (C=O) groups is 2. The summed E-state index contributed by atoms with van der Waals surface area (Å²) in [5, 5.41) is 13.8. The van der Waals surface area contributed by atoms with E-state index in [1.807, 2.05) is 13.0 Å². The third kappa shape index (κ3) is 3.84. The van der Waals surface area contributed by atoms with Crippen molar-refractivity contribution in [2.45, 2.75) is 19.8 Å². The number of benzene rings is 1. The summed E-state index contributed by atoms with van der Waals surface area (Å²) in [6.45, 7) is 2.47. The van der Waals surface area contributed by atoms with Crippen LogP contribution in [0.3, 0.4) is 0 Å². The summed E-state index contributed by atoms with van der Waals surface area (Å²) < 4.78 is 5.32. The van der Waals surface area contributed by atoms with Gasteiger partial charge in [-0.2, -0.15) is 0 Å². The van der Waals surface area contributed by atoms with E-state index in [1.165, 1.54) is 0 Å².